The average Bonchev–Trinajstić information content (AvgIpc) is 2.38. The Bertz CT molecular complexity index is 540. The summed E-state index contributed by atoms with van der Waals surface area (Å²) >= 11 is 0. The predicted octanol–water partition coefficient (Wildman–Crippen LogP) is 1.35. The number of fused-ring (bicyclic) bond motifs is 1. The first-order chi connectivity index (χ1) is 8.20. The zero-order valence-electron chi connectivity index (χ0n) is 9.55. The summed E-state index contributed by atoms with van der Waals surface area (Å²) in [6.07, 6.45) is 1.72. The van der Waals surface area contributed by atoms with Crippen LogP contribution in [0.2, 0.25) is 0 Å². The maximum Gasteiger partial charge on any atom is 0.251 e. The van der Waals surface area contributed by atoms with Gasteiger partial charge in [-0.2, -0.15) is 0 Å². The minimum Gasteiger partial charge on any atom is -0.394 e. The molecule has 0 saturated carbocycles. The minimum absolute atomic E-state index is 0.0686. The van der Waals surface area contributed by atoms with Crippen LogP contribution in [-0.4, -0.2) is 28.6 Å². The van der Waals surface area contributed by atoms with Crippen LogP contribution in [0.25, 0.3) is 10.9 Å². The second-order valence-corrected chi connectivity index (χ2v) is 3.97. The van der Waals surface area contributed by atoms with Gasteiger partial charge in [-0.05, 0) is 31.2 Å². The van der Waals surface area contributed by atoms with Gasteiger partial charge < -0.3 is 10.4 Å². The lowest BCUT2D eigenvalue weighted by Gasteiger charge is -2.10. The third-order valence-corrected chi connectivity index (χ3v) is 2.52. The molecule has 4 heteroatoms. The summed E-state index contributed by atoms with van der Waals surface area (Å²) in [5.74, 6) is -0.183. The largest absolute Gasteiger partial charge is 0.394 e. The Morgan fingerprint density at radius 1 is 1.47 bits per heavy atom. The Morgan fingerprint density at radius 2 is 2.29 bits per heavy atom. The molecule has 4 nitrogen and oxygen atoms in total. The van der Waals surface area contributed by atoms with Crippen LogP contribution in [0, 0.1) is 0 Å². The standard InChI is InChI=1S/C13H14N2O2/c1-9(8-16)15-13(17)11-4-5-12-10(7-11)3-2-6-14-12/h2-7,9,16H,8H2,1H3,(H,15,17). The van der Waals surface area contributed by atoms with E-state index in [1.807, 2.05) is 18.2 Å². The summed E-state index contributed by atoms with van der Waals surface area (Å²) in [6.45, 7) is 1.68. The van der Waals surface area contributed by atoms with Gasteiger partial charge in [0, 0.05) is 23.2 Å². The molecule has 0 bridgehead atoms. The van der Waals surface area contributed by atoms with E-state index in [1.165, 1.54) is 0 Å². The molecule has 1 heterocycles. The van der Waals surface area contributed by atoms with E-state index < -0.39 is 0 Å². The molecule has 2 aromatic rings. The molecule has 1 atom stereocenters. The van der Waals surface area contributed by atoms with Crippen molar-refractivity contribution in [2.75, 3.05) is 6.61 Å². The fourth-order valence-electron chi connectivity index (χ4n) is 1.57. The Morgan fingerprint density at radius 3 is 3.06 bits per heavy atom. The van der Waals surface area contributed by atoms with Crippen molar-refractivity contribution >= 4 is 16.8 Å². The lowest BCUT2D eigenvalue weighted by atomic mass is 10.1. The molecule has 1 amide bonds. The molecule has 0 aliphatic rings. The highest BCUT2D eigenvalue weighted by molar-refractivity contribution is 5.98. The fraction of sp³-hybridized carbons (Fsp3) is 0.231. The Labute approximate surface area is 99.3 Å². The molecule has 0 aliphatic heterocycles. The molecule has 17 heavy (non-hydrogen) atoms. The second-order valence-electron chi connectivity index (χ2n) is 3.97. The number of aliphatic hydroxyl groups is 1. The molecule has 0 saturated heterocycles. The topological polar surface area (TPSA) is 62.2 Å². The number of hydrogen-bond donors (Lipinski definition) is 2. The summed E-state index contributed by atoms with van der Waals surface area (Å²) in [5.41, 5.74) is 1.44. The van der Waals surface area contributed by atoms with Crippen molar-refractivity contribution in [1.82, 2.24) is 10.3 Å². The highest BCUT2D eigenvalue weighted by Crippen LogP contribution is 2.13. The average molecular weight is 230 g/mol. The molecule has 0 spiro atoms. The number of nitrogens with one attached hydrogen (secondary N) is 1. The minimum atomic E-state index is -0.243. The van der Waals surface area contributed by atoms with Gasteiger partial charge in [0.05, 0.1) is 12.1 Å². The van der Waals surface area contributed by atoms with Crippen LogP contribution in [0.3, 0.4) is 0 Å². The van der Waals surface area contributed by atoms with Gasteiger partial charge in [-0.25, -0.2) is 0 Å². The molecule has 2 rings (SSSR count). The summed E-state index contributed by atoms with van der Waals surface area (Å²) in [6, 6.07) is 8.84. The Balaban J connectivity index is 2.27. The zero-order chi connectivity index (χ0) is 12.3. The van der Waals surface area contributed by atoms with Gasteiger partial charge in [0.2, 0.25) is 0 Å². The summed E-state index contributed by atoms with van der Waals surface area (Å²) < 4.78 is 0. The fourth-order valence-corrected chi connectivity index (χ4v) is 1.57. The van der Waals surface area contributed by atoms with Crippen LogP contribution in [0.4, 0.5) is 0 Å². The number of aromatic nitrogens is 1. The molecular formula is C13H14N2O2. The normalized spacial score (nSPS) is 12.4. The summed E-state index contributed by atoms with van der Waals surface area (Å²) in [4.78, 5) is 16.0. The van der Waals surface area contributed by atoms with E-state index in [9.17, 15) is 4.79 Å². The van der Waals surface area contributed by atoms with Crippen LogP contribution in [0.1, 0.15) is 17.3 Å². The first-order valence-corrected chi connectivity index (χ1v) is 5.47. The lowest BCUT2D eigenvalue weighted by molar-refractivity contribution is 0.0922. The number of nitrogens with zero attached hydrogens (tertiary/aromatic N) is 1. The van der Waals surface area contributed by atoms with Gasteiger partial charge in [-0.15, -0.1) is 0 Å². The van der Waals surface area contributed by atoms with Crippen molar-refractivity contribution in [3.8, 4) is 0 Å². The van der Waals surface area contributed by atoms with Crippen LogP contribution in [0.15, 0.2) is 36.5 Å². The van der Waals surface area contributed by atoms with Crippen molar-refractivity contribution in [3.05, 3.63) is 42.1 Å². The maximum atomic E-state index is 11.8. The summed E-state index contributed by atoms with van der Waals surface area (Å²) in [5, 5.41) is 12.5. The highest BCUT2D eigenvalue weighted by Gasteiger charge is 2.09. The van der Waals surface area contributed by atoms with Gasteiger partial charge in [-0.3, -0.25) is 9.78 Å². The van der Waals surface area contributed by atoms with Crippen molar-refractivity contribution in [2.24, 2.45) is 0 Å². The van der Waals surface area contributed by atoms with Gasteiger partial charge >= 0.3 is 0 Å². The predicted molar refractivity (Wildman–Crippen MR) is 65.8 cm³/mol. The van der Waals surface area contributed by atoms with E-state index in [0.717, 1.165) is 10.9 Å². The molecule has 1 unspecified atom stereocenters. The zero-order valence-corrected chi connectivity index (χ0v) is 9.55. The van der Waals surface area contributed by atoms with Gasteiger partial charge in [0.1, 0.15) is 0 Å². The van der Waals surface area contributed by atoms with Crippen molar-refractivity contribution in [1.29, 1.82) is 0 Å². The van der Waals surface area contributed by atoms with Crippen molar-refractivity contribution in [2.45, 2.75) is 13.0 Å². The molecule has 0 fully saturated rings. The van der Waals surface area contributed by atoms with E-state index in [0.29, 0.717) is 5.56 Å². The van der Waals surface area contributed by atoms with E-state index in [-0.39, 0.29) is 18.6 Å². The van der Waals surface area contributed by atoms with Gasteiger partial charge in [0.25, 0.3) is 5.91 Å². The lowest BCUT2D eigenvalue weighted by Crippen LogP contribution is -2.34. The number of carbonyl (C=O) groups is 1. The molecule has 1 aromatic carbocycles. The second kappa shape index (κ2) is 4.93. The molecule has 0 radical (unpaired) electrons. The first kappa shape index (κ1) is 11.5. The molecule has 1 aromatic heterocycles. The number of benzene rings is 1. The number of pyridine rings is 1. The van der Waals surface area contributed by atoms with Crippen LogP contribution < -0.4 is 5.32 Å². The van der Waals surface area contributed by atoms with E-state index >= 15 is 0 Å². The number of hydrogen-bond acceptors (Lipinski definition) is 3. The molecule has 0 aliphatic carbocycles. The molecule has 88 valence electrons. The molecular weight excluding hydrogens is 216 g/mol. The van der Waals surface area contributed by atoms with Crippen LogP contribution >= 0.6 is 0 Å². The van der Waals surface area contributed by atoms with E-state index in [1.54, 1.807) is 25.3 Å². The number of rotatable bonds is 3. The summed E-state index contributed by atoms with van der Waals surface area (Å²) in [7, 11) is 0. The SMILES string of the molecule is CC(CO)NC(=O)c1ccc2ncccc2c1. The number of aliphatic hydroxyl groups excluding tert-OH is 1. The third-order valence-electron chi connectivity index (χ3n) is 2.52. The van der Waals surface area contributed by atoms with Gasteiger partial charge in [-0.1, -0.05) is 6.07 Å². The third kappa shape index (κ3) is 2.60. The molecule has 2 N–H and O–H groups in total. The highest BCUT2D eigenvalue weighted by atomic mass is 16.3. The Kier molecular flexibility index (Phi) is 3.35. The van der Waals surface area contributed by atoms with Gasteiger partial charge in [0.15, 0.2) is 0 Å². The van der Waals surface area contributed by atoms with Crippen LogP contribution in [0.5, 0.6) is 0 Å². The first-order valence-electron chi connectivity index (χ1n) is 5.47. The van der Waals surface area contributed by atoms with E-state index in [2.05, 4.69) is 10.3 Å². The monoisotopic (exact) mass is 230 g/mol. The number of carbonyl (C=O) groups excluding carboxylic acids is 1. The smallest absolute Gasteiger partial charge is 0.251 e. The van der Waals surface area contributed by atoms with Crippen LogP contribution in [-0.2, 0) is 0 Å². The number of amides is 1. The Hall–Kier alpha value is -1.94. The van der Waals surface area contributed by atoms with Crippen molar-refractivity contribution in [3.63, 3.8) is 0 Å². The van der Waals surface area contributed by atoms with E-state index in [4.69, 9.17) is 5.11 Å². The quantitative estimate of drug-likeness (QED) is 0.836. The maximum absolute atomic E-state index is 11.8. The van der Waals surface area contributed by atoms with Crippen molar-refractivity contribution < 1.29 is 9.90 Å².